The van der Waals surface area contributed by atoms with Crippen molar-refractivity contribution in [1.82, 2.24) is 20.4 Å². The quantitative estimate of drug-likeness (QED) is 0.188. The van der Waals surface area contributed by atoms with Gasteiger partial charge in [-0.3, -0.25) is 4.99 Å². The van der Waals surface area contributed by atoms with Gasteiger partial charge < -0.3 is 24.8 Å². The summed E-state index contributed by atoms with van der Waals surface area (Å²) in [6, 6.07) is 7.95. The number of aryl methyl sites for hydroxylation is 1. The average molecular weight is 571 g/mol. The monoisotopic (exact) mass is 570 g/mol. The van der Waals surface area contributed by atoms with Crippen molar-refractivity contribution in [2.75, 3.05) is 38.0 Å². The molecular weight excluding hydrogens is 531 g/mol. The summed E-state index contributed by atoms with van der Waals surface area (Å²) in [5, 5.41) is 10.6. The van der Waals surface area contributed by atoms with E-state index in [0.29, 0.717) is 24.7 Å². The molecule has 9 heteroatoms. The first-order valence-electron chi connectivity index (χ1n) is 11.8. The fourth-order valence-electron chi connectivity index (χ4n) is 3.67. The molecule has 0 bridgehead atoms. The molecule has 1 aromatic heterocycles. The van der Waals surface area contributed by atoms with Crippen molar-refractivity contribution in [2.24, 2.45) is 10.9 Å². The Balaban J connectivity index is 0.00000385. The second-order valence-electron chi connectivity index (χ2n) is 8.84. The van der Waals surface area contributed by atoms with E-state index < -0.39 is 0 Å². The molecule has 0 amide bonds. The number of nitrogens with one attached hydrogen (secondary N) is 2. The molecular formula is C24H39IN6O2. The number of rotatable bonds is 10. The Kier molecular flexibility index (Phi) is 11.9. The number of guanidine groups is 1. The molecule has 0 spiro atoms. The number of halogens is 1. The lowest BCUT2D eigenvalue weighted by atomic mass is 9.99. The Labute approximate surface area is 215 Å². The standard InChI is InChI=1S/C24H38N6O2.HI/c1-18(2)31-22-8-6-21(7-9-22)28-24(26-14-10-23-27-20(4)29-32-23)25-13-5-15-30-16-11-19(3)12-17-30;/h6-9,18-19H,5,10-17H2,1-4H3,(H2,25,26,28);1H. The number of aliphatic imine (C=N–C) groups is 1. The number of likely N-dealkylation sites (tertiary alicyclic amines) is 1. The lowest BCUT2D eigenvalue weighted by Crippen LogP contribution is -2.34. The van der Waals surface area contributed by atoms with Crippen LogP contribution >= 0.6 is 24.0 Å². The largest absolute Gasteiger partial charge is 0.491 e. The van der Waals surface area contributed by atoms with Gasteiger partial charge in [0.15, 0.2) is 11.8 Å². The second-order valence-corrected chi connectivity index (χ2v) is 8.84. The van der Waals surface area contributed by atoms with Gasteiger partial charge >= 0.3 is 0 Å². The van der Waals surface area contributed by atoms with Crippen molar-refractivity contribution in [3.05, 3.63) is 36.0 Å². The summed E-state index contributed by atoms with van der Waals surface area (Å²) in [4.78, 5) is 11.6. The topological polar surface area (TPSA) is 87.8 Å². The zero-order chi connectivity index (χ0) is 22.8. The minimum absolute atomic E-state index is 0. The minimum atomic E-state index is 0. The Morgan fingerprint density at radius 1 is 1.24 bits per heavy atom. The van der Waals surface area contributed by atoms with Crippen LogP contribution in [0.25, 0.3) is 0 Å². The molecule has 0 saturated carbocycles. The predicted octanol–water partition coefficient (Wildman–Crippen LogP) is 4.51. The van der Waals surface area contributed by atoms with Crippen LogP contribution in [0.5, 0.6) is 5.75 Å². The Hall–Kier alpha value is -1.88. The summed E-state index contributed by atoms with van der Waals surface area (Å²) < 4.78 is 10.9. The van der Waals surface area contributed by atoms with E-state index in [4.69, 9.17) is 14.3 Å². The van der Waals surface area contributed by atoms with Crippen LogP contribution < -0.4 is 15.4 Å². The van der Waals surface area contributed by atoms with Crippen LogP contribution in [0.2, 0.25) is 0 Å². The number of benzene rings is 1. The number of piperidine rings is 1. The third kappa shape index (κ3) is 10.3. The van der Waals surface area contributed by atoms with Gasteiger partial charge in [-0.15, -0.1) is 24.0 Å². The molecule has 1 saturated heterocycles. The van der Waals surface area contributed by atoms with Gasteiger partial charge in [0.25, 0.3) is 0 Å². The fraction of sp³-hybridized carbons (Fsp3) is 0.625. The summed E-state index contributed by atoms with van der Waals surface area (Å²) in [5.74, 6) is 3.77. The van der Waals surface area contributed by atoms with Crippen molar-refractivity contribution >= 4 is 35.6 Å². The first-order chi connectivity index (χ1) is 15.5. The van der Waals surface area contributed by atoms with Crippen molar-refractivity contribution in [3.63, 3.8) is 0 Å². The van der Waals surface area contributed by atoms with E-state index in [9.17, 15) is 0 Å². The number of nitrogens with zero attached hydrogens (tertiary/aromatic N) is 4. The molecule has 1 aliphatic heterocycles. The van der Waals surface area contributed by atoms with Crippen LogP contribution in [0.15, 0.2) is 33.8 Å². The van der Waals surface area contributed by atoms with E-state index in [2.05, 4.69) is 32.6 Å². The van der Waals surface area contributed by atoms with E-state index in [-0.39, 0.29) is 30.1 Å². The van der Waals surface area contributed by atoms with Crippen molar-refractivity contribution < 1.29 is 9.26 Å². The van der Waals surface area contributed by atoms with Crippen molar-refractivity contribution in [2.45, 2.75) is 59.5 Å². The van der Waals surface area contributed by atoms with Crippen LogP contribution in [0.1, 0.15) is 51.7 Å². The van der Waals surface area contributed by atoms with Crippen LogP contribution in [0.3, 0.4) is 0 Å². The number of ether oxygens (including phenoxy) is 1. The lowest BCUT2D eigenvalue weighted by molar-refractivity contribution is 0.192. The van der Waals surface area contributed by atoms with Crippen LogP contribution in [-0.4, -0.2) is 59.8 Å². The van der Waals surface area contributed by atoms with E-state index >= 15 is 0 Å². The van der Waals surface area contributed by atoms with Gasteiger partial charge in [0.2, 0.25) is 5.89 Å². The first-order valence-corrected chi connectivity index (χ1v) is 11.8. The van der Waals surface area contributed by atoms with Crippen LogP contribution in [0, 0.1) is 12.8 Å². The summed E-state index contributed by atoms with van der Waals surface area (Å²) in [7, 11) is 0. The van der Waals surface area contributed by atoms with Gasteiger partial charge in [0.05, 0.1) is 6.10 Å². The van der Waals surface area contributed by atoms with Crippen LogP contribution in [-0.2, 0) is 6.42 Å². The van der Waals surface area contributed by atoms with Gasteiger partial charge in [-0.1, -0.05) is 12.1 Å². The molecule has 2 aromatic rings. The van der Waals surface area contributed by atoms with Crippen molar-refractivity contribution in [1.29, 1.82) is 0 Å². The smallest absolute Gasteiger partial charge is 0.228 e. The third-order valence-electron chi connectivity index (χ3n) is 5.47. The highest BCUT2D eigenvalue weighted by atomic mass is 127. The number of hydrogen-bond acceptors (Lipinski definition) is 6. The Bertz CT molecular complexity index is 832. The summed E-state index contributed by atoms with van der Waals surface area (Å²) in [6.45, 7) is 13.2. The predicted molar refractivity (Wildman–Crippen MR) is 144 cm³/mol. The normalized spacial score (nSPS) is 15.4. The highest BCUT2D eigenvalue weighted by molar-refractivity contribution is 14.0. The van der Waals surface area contributed by atoms with E-state index in [1.54, 1.807) is 0 Å². The van der Waals surface area contributed by atoms with Gasteiger partial charge in [-0.2, -0.15) is 4.98 Å². The molecule has 2 N–H and O–H groups in total. The summed E-state index contributed by atoms with van der Waals surface area (Å²) >= 11 is 0. The number of hydrogen-bond donors (Lipinski definition) is 2. The Morgan fingerprint density at radius 3 is 2.61 bits per heavy atom. The molecule has 184 valence electrons. The third-order valence-corrected chi connectivity index (χ3v) is 5.47. The molecule has 0 atom stereocenters. The molecule has 0 radical (unpaired) electrons. The molecule has 3 rings (SSSR count). The Morgan fingerprint density at radius 2 is 1.97 bits per heavy atom. The molecule has 1 aliphatic rings. The molecule has 8 nitrogen and oxygen atoms in total. The first kappa shape index (κ1) is 27.4. The molecule has 2 heterocycles. The highest BCUT2D eigenvalue weighted by Gasteiger charge is 2.14. The minimum Gasteiger partial charge on any atom is -0.491 e. The van der Waals surface area contributed by atoms with Crippen LogP contribution in [0.4, 0.5) is 5.69 Å². The summed E-state index contributed by atoms with van der Waals surface area (Å²) in [6.07, 6.45) is 4.47. The van der Waals surface area contributed by atoms with E-state index in [0.717, 1.165) is 42.8 Å². The zero-order valence-corrected chi connectivity index (χ0v) is 22.7. The summed E-state index contributed by atoms with van der Waals surface area (Å²) in [5.41, 5.74) is 0.964. The van der Waals surface area contributed by atoms with Gasteiger partial charge in [0, 0.05) is 25.2 Å². The van der Waals surface area contributed by atoms with Gasteiger partial charge in [0.1, 0.15) is 5.75 Å². The fourth-order valence-corrected chi connectivity index (χ4v) is 3.67. The highest BCUT2D eigenvalue weighted by Crippen LogP contribution is 2.17. The maximum Gasteiger partial charge on any atom is 0.228 e. The molecule has 1 fully saturated rings. The molecule has 0 aliphatic carbocycles. The van der Waals surface area contributed by atoms with Gasteiger partial charge in [-0.25, -0.2) is 0 Å². The lowest BCUT2D eigenvalue weighted by Gasteiger charge is -2.29. The van der Waals surface area contributed by atoms with Crippen molar-refractivity contribution in [3.8, 4) is 5.75 Å². The maximum absolute atomic E-state index is 5.73. The SMILES string of the molecule is Cc1noc(CCNC(=NCCCN2CCC(C)CC2)Nc2ccc(OC(C)C)cc2)n1.I. The molecule has 0 unspecified atom stereocenters. The van der Waals surface area contributed by atoms with Gasteiger partial charge in [-0.05, 0) is 89.9 Å². The molecule has 33 heavy (non-hydrogen) atoms. The van der Waals surface area contributed by atoms with E-state index in [1.807, 2.05) is 45.0 Å². The van der Waals surface area contributed by atoms with E-state index in [1.165, 1.54) is 25.9 Å². The molecule has 1 aromatic carbocycles. The maximum atomic E-state index is 5.73. The second kappa shape index (κ2) is 14.4. The zero-order valence-electron chi connectivity index (χ0n) is 20.3. The number of anilines is 1. The number of aromatic nitrogens is 2. The average Bonchev–Trinajstić information content (AvgIpc) is 3.18.